The Labute approximate surface area is 218 Å². The second-order valence-electron chi connectivity index (χ2n) is 8.08. The van der Waals surface area contributed by atoms with Crippen molar-refractivity contribution in [1.82, 2.24) is 19.7 Å². The van der Waals surface area contributed by atoms with Gasteiger partial charge in [-0.2, -0.15) is 5.10 Å². The fourth-order valence-electron chi connectivity index (χ4n) is 4.47. The highest BCUT2D eigenvalue weighted by Gasteiger charge is 2.32. The van der Waals surface area contributed by atoms with Crippen molar-refractivity contribution in [2.24, 2.45) is 0 Å². The zero-order chi connectivity index (χ0) is 23.7. The van der Waals surface area contributed by atoms with Gasteiger partial charge < -0.3 is 4.90 Å². The number of hydrogen-bond donors (Lipinski definition) is 1. The van der Waals surface area contributed by atoms with Gasteiger partial charge in [-0.15, -0.1) is 0 Å². The van der Waals surface area contributed by atoms with Gasteiger partial charge >= 0.3 is 0 Å². The molecule has 3 aromatic carbocycles. The molecule has 1 aliphatic heterocycles. The molecule has 1 atom stereocenters. The average molecular weight is 531 g/mol. The quantitative estimate of drug-likeness (QED) is 0.288. The van der Waals surface area contributed by atoms with Crippen LogP contribution in [0.1, 0.15) is 17.4 Å². The van der Waals surface area contributed by atoms with E-state index in [9.17, 15) is 0 Å². The van der Waals surface area contributed by atoms with E-state index in [-0.39, 0.29) is 6.04 Å². The topological polar surface area (TPSA) is 40.1 Å². The zero-order valence-corrected chi connectivity index (χ0v) is 21.2. The normalized spacial score (nSPS) is 15.4. The Bertz CT molecular complexity index is 1350. The van der Waals surface area contributed by atoms with E-state index in [0.717, 1.165) is 48.9 Å². The zero-order valence-electron chi connectivity index (χ0n) is 18.2. The number of piperazine rings is 1. The third kappa shape index (κ3) is 4.49. The number of H-pyrrole nitrogens is 1. The molecule has 1 unspecified atom stereocenters. The Balaban J connectivity index is 1.52. The number of rotatable bonds is 5. The van der Waals surface area contributed by atoms with Crippen LogP contribution < -0.4 is 4.90 Å². The van der Waals surface area contributed by atoms with Crippen molar-refractivity contribution in [3.05, 3.63) is 104 Å². The van der Waals surface area contributed by atoms with Crippen molar-refractivity contribution in [3.63, 3.8) is 0 Å². The van der Waals surface area contributed by atoms with Gasteiger partial charge in [0.25, 0.3) is 0 Å². The molecule has 1 aromatic heterocycles. The molecule has 0 bridgehead atoms. The fraction of sp³-hybridized carbons (Fsp3) is 0.200. The van der Waals surface area contributed by atoms with E-state index in [1.54, 1.807) is 0 Å². The molecule has 2 heterocycles. The van der Waals surface area contributed by atoms with Crippen LogP contribution in [0.25, 0.3) is 5.69 Å². The minimum atomic E-state index is -0.182. The highest BCUT2D eigenvalue weighted by molar-refractivity contribution is 7.71. The molecule has 1 aliphatic rings. The van der Waals surface area contributed by atoms with Gasteiger partial charge in [-0.05, 0) is 48.1 Å². The molecular formula is C25H22Cl3N5S. The van der Waals surface area contributed by atoms with E-state index in [2.05, 4.69) is 26.1 Å². The van der Waals surface area contributed by atoms with Crippen LogP contribution in [0.4, 0.5) is 5.69 Å². The van der Waals surface area contributed by atoms with E-state index in [1.165, 1.54) is 0 Å². The van der Waals surface area contributed by atoms with Crippen LogP contribution in [0.2, 0.25) is 15.1 Å². The maximum atomic E-state index is 6.71. The number of halogens is 3. The first-order chi connectivity index (χ1) is 16.5. The summed E-state index contributed by atoms with van der Waals surface area (Å²) in [6, 6.07) is 23.5. The molecule has 1 saturated heterocycles. The van der Waals surface area contributed by atoms with Crippen molar-refractivity contribution in [1.29, 1.82) is 0 Å². The molecule has 0 aliphatic carbocycles. The third-order valence-electron chi connectivity index (χ3n) is 6.11. The second kappa shape index (κ2) is 10.1. The monoisotopic (exact) mass is 529 g/mol. The van der Waals surface area contributed by atoms with Gasteiger partial charge in [0.05, 0.1) is 21.8 Å². The summed E-state index contributed by atoms with van der Waals surface area (Å²) in [7, 11) is 0. The summed E-state index contributed by atoms with van der Waals surface area (Å²) in [4.78, 5) is 4.66. The smallest absolute Gasteiger partial charge is 0.199 e. The Morgan fingerprint density at radius 2 is 1.47 bits per heavy atom. The summed E-state index contributed by atoms with van der Waals surface area (Å²) < 4.78 is 2.53. The maximum Gasteiger partial charge on any atom is 0.199 e. The van der Waals surface area contributed by atoms with Crippen LogP contribution in [0.15, 0.2) is 72.8 Å². The van der Waals surface area contributed by atoms with E-state index in [0.29, 0.717) is 19.8 Å². The first-order valence-corrected chi connectivity index (χ1v) is 12.5. The molecule has 1 N–H and O–H groups in total. The highest BCUT2D eigenvalue weighted by Crippen LogP contribution is 2.36. The molecule has 174 valence electrons. The van der Waals surface area contributed by atoms with E-state index < -0.39 is 0 Å². The summed E-state index contributed by atoms with van der Waals surface area (Å²) in [6.07, 6.45) is 0. The molecule has 0 amide bonds. The van der Waals surface area contributed by atoms with Gasteiger partial charge in [0.1, 0.15) is 0 Å². The van der Waals surface area contributed by atoms with Crippen molar-refractivity contribution in [3.8, 4) is 5.69 Å². The van der Waals surface area contributed by atoms with Crippen molar-refractivity contribution in [2.45, 2.75) is 6.04 Å². The lowest BCUT2D eigenvalue weighted by Gasteiger charge is -2.40. The first kappa shape index (κ1) is 23.4. The fourth-order valence-corrected chi connectivity index (χ4v) is 5.37. The lowest BCUT2D eigenvalue weighted by molar-refractivity contribution is 0.204. The standard InChI is InChI=1S/C25H22Cl3N5S/c26-19-10-5-4-9-18(19)23(24-29-30-25(34)33(24)17-7-2-1-3-8-17)32-15-13-31(14-16-32)21-12-6-11-20(27)22(21)28/h1-12,23H,13-16H2,(H,30,34). The molecule has 1 fully saturated rings. The molecule has 0 saturated carbocycles. The number of para-hydroxylation sites is 1. The van der Waals surface area contributed by atoms with E-state index >= 15 is 0 Å². The first-order valence-electron chi connectivity index (χ1n) is 10.9. The third-order valence-corrected chi connectivity index (χ3v) is 7.54. The molecule has 5 nitrogen and oxygen atoms in total. The number of anilines is 1. The van der Waals surface area contributed by atoms with Gasteiger partial charge in [-0.1, -0.05) is 77.3 Å². The summed E-state index contributed by atoms with van der Waals surface area (Å²) in [6.45, 7) is 3.15. The van der Waals surface area contributed by atoms with Crippen molar-refractivity contribution >= 4 is 52.7 Å². The molecule has 0 radical (unpaired) electrons. The minimum Gasteiger partial charge on any atom is -0.368 e. The van der Waals surface area contributed by atoms with Crippen molar-refractivity contribution in [2.75, 3.05) is 31.1 Å². The number of aromatic amines is 1. The molecule has 9 heteroatoms. The van der Waals surface area contributed by atoms with Crippen LogP contribution in [-0.4, -0.2) is 45.8 Å². The SMILES string of the molecule is S=c1[nH]nc(C(c2ccccc2Cl)N2CCN(c3cccc(Cl)c3Cl)CC2)n1-c1ccccc1. The summed E-state index contributed by atoms with van der Waals surface area (Å²) in [5.41, 5.74) is 2.90. The van der Waals surface area contributed by atoms with Gasteiger partial charge in [-0.25, -0.2) is 0 Å². The van der Waals surface area contributed by atoms with Crippen LogP contribution >= 0.6 is 47.0 Å². The number of hydrogen-bond acceptors (Lipinski definition) is 4. The van der Waals surface area contributed by atoms with Gasteiger partial charge in [-0.3, -0.25) is 14.6 Å². The Morgan fingerprint density at radius 3 is 2.21 bits per heavy atom. The Morgan fingerprint density at radius 1 is 0.794 bits per heavy atom. The van der Waals surface area contributed by atoms with E-state index in [1.807, 2.05) is 71.3 Å². The predicted molar refractivity (Wildman–Crippen MR) is 142 cm³/mol. The van der Waals surface area contributed by atoms with E-state index in [4.69, 9.17) is 47.0 Å². The average Bonchev–Trinajstić information content (AvgIpc) is 3.24. The van der Waals surface area contributed by atoms with Crippen LogP contribution in [0.3, 0.4) is 0 Å². The summed E-state index contributed by atoms with van der Waals surface area (Å²) in [5.74, 6) is 0.804. The number of nitrogens with zero attached hydrogens (tertiary/aromatic N) is 4. The molecule has 0 spiro atoms. The van der Waals surface area contributed by atoms with Gasteiger partial charge in [0.15, 0.2) is 10.6 Å². The van der Waals surface area contributed by atoms with Crippen LogP contribution in [0, 0.1) is 4.77 Å². The second-order valence-corrected chi connectivity index (χ2v) is 9.66. The predicted octanol–water partition coefficient (Wildman–Crippen LogP) is 6.80. The maximum absolute atomic E-state index is 6.71. The number of benzene rings is 3. The van der Waals surface area contributed by atoms with Crippen LogP contribution in [0.5, 0.6) is 0 Å². The Kier molecular flexibility index (Phi) is 6.95. The van der Waals surface area contributed by atoms with Crippen LogP contribution in [-0.2, 0) is 0 Å². The van der Waals surface area contributed by atoms with Crippen molar-refractivity contribution < 1.29 is 0 Å². The molecule has 34 heavy (non-hydrogen) atoms. The van der Waals surface area contributed by atoms with Gasteiger partial charge in [0, 0.05) is 36.9 Å². The Hall–Kier alpha value is -2.35. The lowest BCUT2D eigenvalue weighted by Crippen LogP contribution is -2.48. The number of aromatic nitrogens is 3. The number of nitrogens with one attached hydrogen (secondary N) is 1. The highest BCUT2D eigenvalue weighted by atomic mass is 35.5. The molecular weight excluding hydrogens is 509 g/mol. The minimum absolute atomic E-state index is 0.182. The molecule has 4 aromatic rings. The molecule has 5 rings (SSSR count). The summed E-state index contributed by atoms with van der Waals surface area (Å²) in [5, 5.41) is 9.53. The van der Waals surface area contributed by atoms with Gasteiger partial charge in [0.2, 0.25) is 0 Å². The lowest BCUT2D eigenvalue weighted by atomic mass is 10.0. The summed E-state index contributed by atoms with van der Waals surface area (Å²) >= 11 is 25.1. The largest absolute Gasteiger partial charge is 0.368 e.